The molecule has 0 amide bonds. The van der Waals surface area contributed by atoms with Crippen molar-refractivity contribution in [1.82, 2.24) is 0 Å². The van der Waals surface area contributed by atoms with Crippen LogP contribution in [0.4, 0.5) is 0 Å². The number of hydrogen-bond acceptors (Lipinski definition) is 3. The molecule has 1 aromatic carbocycles. The lowest BCUT2D eigenvalue weighted by Gasteiger charge is -2.21. The van der Waals surface area contributed by atoms with Gasteiger partial charge in [0, 0.05) is 10.8 Å². The molecular weight excluding hydrogens is 280 g/mol. The first-order valence-corrected chi connectivity index (χ1v) is 8.99. The van der Waals surface area contributed by atoms with Gasteiger partial charge in [-0.2, -0.15) is 11.8 Å². The van der Waals surface area contributed by atoms with Gasteiger partial charge in [-0.05, 0) is 42.5 Å². The molecule has 0 saturated heterocycles. The molecule has 1 aliphatic rings. The average molecular weight is 306 g/mol. The van der Waals surface area contributed by atoms with Crippen LogP contribution in [-0.2, 0) is 0 Å². The molecule has 0 N–H and O–H groups in total. The van der Waals surface area contributed by atoms with Gasteiger partial charge in [-0.3, -0.25) is 4.79 Å². The summed E-state index contributed by atoms with van der Waals surface area (Å²) in [6.07, 6.45) is 6.56. The minimum atomic E-state index is 0.261. The fourth-order valence-corrected chi connectivity index (χ4v) is 4.11. The van der Waals surface area contributed by atoms with E-state index < -0.39 is 0 Å². The standard InChI is InChI=1S/C18H26O2S/c1-13(2)17-11-14(20-3)9-10-16(17)18(19)12-21-15-7-5-4-6-8-15/h9-11,13,15H,4-8,12H2,1-3H3. The number of thioether (sulfide) groups is 1. The number of ketones is 1. The summed E-state index contributed by atoms with van der Waals surface area (Å²) in [6.45, 7) is 4.25. The number of benzene rings is 1. The SMILES string of the molecule is COc1ccc(C(=O)CSC2CCCCC2)c(C(C)C)c1. The van der Waals surface area contributed by atoms with Crippen LogP contribution < -0.4 is 4.74 Å². The molecule has 0 unspecified atom stereocenters. The summed E-state index contributed by atoms with van der Waals surface area (Å²) in [6, 6.07) is 5.82. The van der Waals surface area contributed by atoms with Crippen molar-refractivity contribution < 1.29 is 9.53 Å². The van der Waals surface area contributed by atoms with E-state index in [0.717, 1.165) is 16.9 Å². The Morgan fingerprint density at radius 2 is 2.00 bits per heavy atom. The van der Waals surface area contributed by atoms with Crippen molar-refractivity contribution in [1.29, 1.82) is 0 Å². The summed E-state index contributed by atoms with van der Waals surface area (Å²) in [5.74, 6) is 2.03. The normalized spacial score (nSPS) is 16.2. The number of Topliss-reactive ketones (excluding diaryl/α,β-unsaturated/α-hetero) is 1. The van der Waals surface area contributed by atoms with Crippen molar-refractivity contribution in [3.8, 4) is 5.75 Å². The molecule has 1 aromatic rings. The van der Waals surface area contributed by atoms with Crippen LogP contribution in [0.5, 0.6) is 5.75 Å². The minimum Gasteiger partial charge on any atom is -0.497 e. The lowest BCUT2D eigenvalue weighted by atomic mass is 9.95. The maximum Gasteiger partial charge on any atom is 0.173 e. The summed E-state index contributed by atoms with van der Waals surface area (Å²) in [5, 5.41) is 0.684. The Morgan fingerprint density at radius 3 is 2.62 bits per heavy atom. The van der Waals surface area contributed by atoms with Crippen LogP contribution in [0.15, 0.2) is 18.2 Å². The molecule has 0 radical (unpaired) electrons. The van der Waals surface area contributed by atoms with E-state index in [0.29, 0.717) is 16.9 Å². The van der Waals surface area contributed by atoms with Crippen molar-refractivity contribution >= 4 is 17.5 Å². The van der Waals surface area contributed by atoms with E-state index in [4.69, 9.17) is 4.74 Å². The lowest BCUT2D eigenvalue weighted by Crippen LogP contribution is -2.13. The smallest absolute Gasteiger partial charge is 0.173 e. The fraction of sp³-hybridized carbons (Fsp3) is 0.611. The van der Waals surface area contributed by atoms with E-state index >= 15 is 0 Å². The van der Waals surface area contributed by atoms with Gasteiger partial charge in [-0.15, -0.1) is 0 Å². The topological polar surface area (TPSA) is 26.3 Å². The predicted molar refractivity (Wildman–Crippen MR) is 90.7 cm³/mol. The zero-order chi connectivity index (χ0) is 15.2. The monoisotopic (exact) mass is 306 g/mol. The molecule has 0 aliphatic heterocycles. The first-order valence-electron chi connectivity index (χ1n) is 7.94. The Kier molecular flexibility index (Phi) is 6.16. The Morgan fingerprint density at radius 1 is 1.29 bits per heavy atom. The van der Waals surface area contributed by atoms with Gasteiger partial charge in [0.25, 0.3) is 0 Å². The van der Waals surface area contributed by atoms with Crippen LogP contribution in [0.1, 0.15) is 67.8 Å². The van der Waals surface area contributed by atoms with Crippen LogP contribution >= 0.6 is 11.8 Å². The van der Waals surface area contributed by atoms with Crippen molar-refractivity contribution in [2.75, 3.05) is 12.9 Å². The third-order valence-corrected chi connectivity index (χ3v) is 5.56. The van der Waals surface area contributed by atoms with Crippen molar-refractivity contribution in [3.05, 3.63) is 29.3 Å². The highest BCUT2D eigenvalue weighted by Gasteiger charge is 2.18. The molecule has 3 heteroatoms. The summed E-state index contributed by atoms with van der Waals surface area (Å²) in [5.41, 5.74) is 1.97. The first-order chi connectivity index (χ1) is 10.1. The predicted octanol–water partition coefficient (Wildman–Crippen LogP) is 5.07. The van der Waals surface area contributed by atoms with Gasteiger partial charge in [-0.1, -0.05) is 33.1 Å². The van der Waals surface area contributed by atoms with Crippen molar-refractivity contribution in [2.45, 2.75) is 57.1 Å². The second kappa shape index (κ2) is 7.88. The van der Waals surface area contributed by atoms with E-state index in [9.17, 15) is 4.79 Å². The number of carbonyl (C=O) groups is 1. The average Bonchev–Trinajstić information content (AvgIpc) is 2.52. The molecule has 0 bridgehead atoms. The summed E-state index contributed by atoms with van der Waals surface area (Å²) in [4.78, 5) is 12.6. The molecule has 0 spiro atoms. The van der Waals surface area contributed by atoms with Gasteiger partial charge < -0.3 is 4.74 Å². The van der Waals surface area contributed by atoms with Gasteiger partial charge >= 0.3 is 0 Å². The molecule has 21 heavy (non-hydrogen) atoms. The molecule has 116 valence electrons. The maximum absolute atomic E-state index is 12.6. The summed E-state index contributed by atoms with van der Waals surface area (Å²) >= 11 is 1.85. The van der Waals surface area contributed by atoms with Crippen molar-refractivity contribution in [2.24, 2.45) is 0 Å². The van der Waals surface area contributed by atoms with Crippen LogP contribution in [0.2, 0.25) is 0 Å². The van der Waals surface area contributed by atoms with Crippen molar-refractivity contribution in [3.63, 3.8) is 0 Å². The maximum atomic E-state index is 12.6. The molecule has 0 aromatic heterocycles. The molecule has 0 heterocycles. The quantitative estimate of drug-likeness (QED) is 0.687. The first kappa shape index (κ1) is 16.4. The lowest BCUT2D eigenvalue weighted by molar-refractivity contribution is 0.102. The molecule has 2 nitrogen and oxygen atoms in total. The van der Waals surface area contributed by atoms with Crippen LogP contribution in [-0.4, -0.2) is 23.9 Å². The highest BCUT2D eigenvalue weighted by molar-refractivity contribution is 8.00. The molecule has 0 atom stereocenters. The molecule has 1 fully saturated rings. The zero-order valence-corrected chi connectivity index (χ0v) is 14.2. The van der Waals surface area contributed by atoms with Gasteiger partial charge in [0.05, 0.1) is 12.9 Å². The van der Waals surface area contributed by atoms with Crippen LogP contribution in [0, 0.1) is 0 Å². The van der Waals surface area contributed by atoms with Crippen LogP contribution in [0.3, 0.4) is 0 Å². The van der Waals surface area contributed by atoms with Gasteiger partial charge in [0.15, 0.2) is 5.78 Å². The van der Waals surface area contributed by atoms with Gasteiger partial charge in [0.1, 0.15) is 5.75 Å². The highest BCUT2D eigenvalue weighted by atomic mass is 32.2. The Hall–Kier alpha value is -0.960. The van der Waals surface area contributed by atoms with Crippen LogP contribution in [0.25, 0.3) is 0 Å². The van der Waals surface area contributed by atoms with E-state index in [1.165, 1.54) is 32.1 Å². The Labute approximate surface area is 132 Å². The number of hydrogen-bond donors (Lipinski definition) is 0. The second-order valence-electron chi connectivity index (χ2n) is 6.10. The van der Waals surface area contributed by atoms with E-state index in [1.807, 2.05) is 30.0 Å². The highest BCUT2D eigenvalue weighted by Crippen LogP contribution is 2.30. The summed E-state index contributed by atoms with van der Waals surface area (Å²) in [7, 11) is 1.67. The largest absolute Gasteiger partial charge is 0.497 e. The minimum absolute atomic E-state index is 0.261. The number of carbonyl (C=O) groups excluding carboxylic acids is 1. The number of rotatable bonds is 6. The third-order valence-electron chi connectivity index (χ3n) is 4.18. The fourth-order valence-electron chi connectivity index (χ4n) is 2.90. The summed E-state index contributed by atoms with van der Waals surface area (Å²) < 4.78 is 5.28. The molecule has 1 aliphatic carbocycles. The molecular formula is C18H26O2S. The van der Waals surface area contributed by atoms with Gasteiger partial charge in [0.2, 0.25) is 0 Å². The Bertz CT molecular complexity index is 476. The third kappa shape index (κ3) is 4.50. The molecule has 1 saturated carbocycles. The van der Waals surface area contributed by atoms with Gasteiger partial charge in [-0.25, -0.2) is 0 Å². The van der Waals surface area contributed by atoms with E-state index in [-0.39, 0.29) is 5.78 Å². The number of ether oxygens (including phenoxy) is 1. The number of methoxy groups -OCH3 is 1. The van der Waals surface area contributed by atoms with E-state index in [2.05, 4.69) is 13.8 Å². The zero-order valence-electron chi connectivity index (χ0n) is 13.4. The molecule has 2 rings (SSSR count). The Balaban J connectivity index is 2.03. The van der Waals surface area contributed by atoms with E-state index in [1.54, 1.807) is 7.11 Å². The second-order valence-corrected chi connectivity index (χ2v) is 7.39.